The number of aromatic nitrogens is 2. The first-order valence-electron chi connectivity index (χ1n) is 8.23. The Balaban J connectivity index is 1.49. The zero-order chi connectivity index (χ0) is 18.7. The predicted molar refractivity (Wildman–Crippen MR) is 95.0 cm³/mol. The fourth-order valence-corrected chi connectivity index (χ4v) is 3.20. The van der Waals surface area contributed by atoms with Crippen molar-refractivity contribution in [2.45, 2.75) is 44.4 Å². The number of thiocarbonyl (C=S) groups is 1. The molecule has 1 saturated carbocycles. The van der Waals surface area contributed by atoms with Crippen LogP contribution >= 0.6 is 23.8 Å². The molecule has 3 rings (SSSR count). The minimum absolute atomic E-state index is 0.0788. The van der Waals surface area contributed by atoms with E-state index in [4.69, 9.17) is 28.2 Å². The van der Waals surface area contributed by atoms with E-state index in [9.17, 15) is 13.2 Å². The number of nitrogens with one attached hydrogen (secondary N) is 2. The smallest absolute Gasteiger partial charge is 0.436 e. The number of nitrogens with zero attached hydrogens (tertiary/aromatic N) is 2. The van der Waals surface area contributed by atoms with E-state index in [0.717, 1.165) is 18.6 Å². The lowest BCUT2D eigenvalue weighted by Gasteiger charge is -2.10. The van der Waals surface area contributed by atoms with Gasteiger partial charge in [-0.2, -0.15) is 18.3 Å². The second-order valence-electron chi connectivity index (χ2n) is 6.09. The Morgan fingerprint density at radius 2 is 2.15 bits per heavy atom. The Kier molecular flexibility index (Phi) is 5.76. The monoisotopic (exact) mass is 406 g/mol. The van der Waals surface area contributed by atoms with Gasteiger partial charge in [-0.25, -0.2) is 0 Å². The Bertz CT molecular complexity index is 756. The van der Waals surface area contributed by atoms with Crippen molar-refractivity contribution < 1.29 is 17.6 Å². The van der Waals surface area contributed by atoms with E-state index in [0.29, 0.717) is 36.9 Å². The third-order valence-corrected chi connectivity index (χ3v) is 4.66. The molecule has 0 atom stereocenters. The highest BCUT2D eigenvalue weighted by Crippen LogP contribution is 2.46. The third kappa shape index (κ3) is 4.70. The molecule has 1 aliphatic carbocycles. The van der Waals surface area contributed by atoms with Gasteiger partial charge in [0.2, 0.25) is 0 Å². The van der Waals surface area contributed by atoms with Crippen molar-refractivity contribution in [3.8, 4) is 0 Å². The predicted octanol–water partition coefficient (Wildman–Crippen LogP) is 4.08. The average molecular weight is 407 g/mol. The van der Waals surface area contributed by atoms with Crippen LogP contribution in [0.15, 0.2) is 22.8 Å². The molecule has 2 N–H and O–H groups in total. The van der Waals surface area contributed by atoms with Crippen LogP contribution in [-0.2, 0) is 19.3 Å². The van der Waals surface area contributed by atoms with E-state index in [1.54, 1.807) is 12.3 Å². The number of alkyl halides is 3. The largest absolute Gasteiger partial charge is 0.467 e. The fourth-order valence-electron chi connectivity index (χ4n) is 2.63. The highest BCUT2D eigenvalue weighted by Gasteiger charge is 2.41. The zero-order valence-corrected chi connectivity index (χ0v) is 15.3. The van der Waals surface area contributed by atoms with E-state index in [2.05, 4.69) is 15.7 Å². The molecule has 0 aliphatic heterocycles. The summed E-state index contributed by atoms with van der Waals surface area (Å²) in [6.07, 6.45) is -0.696. The van der Waals surface area contributed by atoms with Crippen molar-refractivity contribution in [1.29, 1.82) is 0 Å². The summed E-state index contributed by atoms with van der Waals surface area (Å²) in [5, 5.41) is 9.90. The number of rotatable bonds is 7. The van der Waals surface area contributed by atoms with Crippen molar-refractivity contribution in [3.05, 3.63) is 40.6 Å². The average Bonchev–Trinajstić information content (AvgIpc) is 3.14. The van der Waals surface area contributed by atoms with Crippen LogP contribution in [-0.4, -0.2) is 21.4 Å². The minimum atomic E-state index is -4.54. The van der Waals surface area contributed by atoms with Gasteiger partial charge < -0.3 is 15.1 Å². The van der Waals surface area contributed by atoms with Crippen LogP contribution < -0.4 is 10.6 Å². The molecule has 0 radical (unpaired) electrons. The normalized spacial score (nSPS) is 14.5. The lowest BCUT2D eigenvalue weighted by Crippen LogP contribution is -2.35. The maximum absolute atomic E-state index is 13.0. The van der Waals surface area contributed by atoms with Crippen LogP contribution in [0.1, 0.15) is 42.3 Å². The lowest BCUT2D eigenvalue weighted by molar-refractivity contribution is -0.141. The van der Waals surface area contributed by atoms with E-state index in [1.807, 2.05) is 6.07 Å². The van der Waals surface area contributed by atoms with Gasteiger partial charge in [-0.3, -0.25) is 4.68 Å². The van der Waals surface area contributed by atoms with Gasteiger partial charge in [0, 0.05) is 19.0 Å². The molecule has 0 aromatic carbocycles. The summed E-state index contributed by atoms with van der Waals surface area (Å²) >= 11 is 11.1. The Labute approximate surface area is 158 Å². The maximum atomic E-state index is 13.0. The van der Waals surface area contributed by atoms with Crippen LogP contribution in [0.25, 0.3) is 0 Å². The summed E-state index contributed by atoms with van der Waals surface area (Å²) in [7, 11) is 0. The molecule has 5 nitrogen and oxygen atoms in total. The van der Waals surface area contributed by atoms with Crippen LogP contribution in [0.5, 0.6) is 0 Å². The van der Waals surface area contributed by atoms with Crippen molar-refractivity contribution in [2.75, 3.05) is 6.54 Å². The first-order chi connectivity index (χ1) is 12.4. The summed E-state index contributed by atoms with van der Waals surface area (Å²) in [6, 6.07) is 3.62. The van der Waals surface area contributed by atoms with Crippen LogP contribution in [0, 0.1) is 0 Å². The summed E-state index contributed by atoms with van der Waals surface area (Å²) in [4.78, 5) is 0. The zero-order valence-electron chi connectivity index (χ0n) is 13.8. The molecule has 10 heteroatoms. The van der Waals surface area contributed by atoms with Crippen LogP contribution in [0.3, 0.4) is 0 Å². The number of hydrogen-bond donors (Lipinski definition) is 2. The molecule has 2 heterocycles. The number of halogens is 4. The quantitative estimate of drug-likeness (QED) is 0.536. The minimum Gasteiger partial charge on any atom is -0.467 e. The maximum Gasteiger partial charge on any atom is 0.436 e. The van der Waals surface area contributed by atoms with Crippen molar-refractivity contribution >= 4 is 28.9 Å². The molecule has 0 amide bonds. The molecule has 2 aromatic heterocycles. The summed E-state index contributed by atoms with van der Waals surface area (Å²) in [5.74, 6) is 0.837. The highest BCUT2D eigenvalue weighted by atomic mass is 35.5. The van der Waals surface area contributed by atoms with Gasteiger partial charge >= 0.3 is 6.18 Å². The van der Waals surface area contributed by atoms with Gasteiger partial charge in [0.05, 0.1) is 23.5 Å². The first kappa shape index (κ1) is 19.0. The summed E-state index contributed by atoms with van der Waals surface area (Å²) in [5.41, 5.74) is -0.498. The standard InChI is InChI=1S/C16H18ClF3N4OS/c17-12-13(10-4-5-10)24(23-14(12)16(18,19)20)7-2-6-21-15(26)22-9-11-3-1-8-25-11/h1,3,8,10H,2,4-7,9H2,(H2,21,22,26). The van der Waals surface area contributed by atoms with E-state index < -0.39 is 11.9 Å². The summed E-state index contributed by atoms with van der Waals surface area (Å²) < 4.78 is 45.6. The second kappa shape index (κ2) is 7.87. The SMILES string of the molecule is FC(F)(F)c1nn(CCCNC(=S)NCc2ccco2)c(C2CC2)c1Cl. The Hall–Kier alpha value is -1.74. The summed E-state index contributed by atoms with van der Waals surface area (Å²) in [6.45, 7) is 1.32. The Morgan fingerprint density at radius 3 is 2.77 bits per heavy atom. The third-order valence-electron chi connectivity index (χ3n) is 4.00. The molecule has 0 unspecified atom stereocenters. The molecule has 2 aromatic rings. The molecule has 142 valence electrons. The van der Waals surface area contributed by atoms with E-state index in [1.165, 1.54) is 4.68 Å². The fraction of sp³-hybridized carbons (Fsp3) is 0.500. The number of hydrogen-bond acceptors (Lipinski definition) is 3. The van der Waals surface area contributed by atoms with Gasteiger partial charge in [-0.15, -0.1) is 0 Å². The molecule has 1 aliphatic rings. The second-order valence-corrected chi connectivity index (χ2v) is 6.87. The van der Waals surface area contributed by atoms with E-state index in [-0.39, 0.29) is 10.9 Å². The van der Waals surface area contributed by atoms with Crippen molar-refractivity contribution in [1.82, 2.24) is 20.4 Å². The number of aryl methyl sites for hydroxylation is 1. The molecular formula is C16H18ClF3N4OS. The highest BCUT2D eigenvalue weighted by molar-refractivity contribution is 7.80. The van der Waals surface area contributed by atoms with Gasteiger partial charge in [-0.1, -0.05) is 11.6 Å². The first-order valence-corrected chi connectivity index (χ1v) is 9.02. The molecule has 26 heavy (non-hydrogen) atoms. The van der Waals surface area contributed by atoms with Crippen LogP contribution in [0.2, 0.25) is 5.02 Å². The topological polar surface area (TPSA) is 55.0 Å². The van der Waals surface area contributed by atoms with Crippen molar-refractivity contribution in [3.63, 3.8) is 0 Å². The molecule has 0 spiro atoms. The molecular weight excluding hydrogens is 389 g/mol. The van der Waals surface area contributed by atoms with Gasteiger partial charge in [-0.05, 0) is 43.6 Å². The van der Waals surface area contributed by atoms with Crippen LogP contribution in [0.4, 0.5) is 13.2 Å². The van der Waals surface area contributed by atoms with E-state index >= 15 is 0 Å². The van der Waals surface area contributed by atoms with Crippen molar-refractivity contribution in [2.24, 2.45) is 0 Å². The molecule has 1 fully saturated rings. The number of furan rings is 1. The van der Waals surface area contributed by atoms with Gasteiger partial charge in [0.25, 0.3) is 0 Å². The van der Waals surface area contributed by atoms with Gasteiger partial charge in [0.1, 0.15) is 5.76 Å². The van der Waals surface area contributed by atoms with Gasteiger partial charge in [0.15, 0.2) is 10.8 Å². The lowest BCUT2D eigenvalue weighted by atomic mass is 10.2. The molecule has 0 bridgehead atoms. The molecule has 0 saturated heterocycles. The Morgan fingerprint density at radius 1 is 1.38 bits per heavy atom.